The van der Waals surface area contributed by atoms with Gasteiger partial charge in [0, 0.05) is 0 Å². The maximum atomic E-state index is 9.33. The third-order valence-electron chi connectivity index (χ3n) is 2.16. The summed E-state index contributed by atoms with van der Waals surface area (Å²) in [6.45, 7) is 3.00. The van der Waals surface area contributed by atoms with Crippen molar-refractivity contribution in [3.8, 4) is 0 Å². The van der Waals surface area contributed by atoms with Gasteiger partial charge in [-0.2, -0.15) is 0 Å². The Labute approximate surface area is 75.9 Å². The molecule has 4 N–H and O–H groups in total. The van der Waals surface area contributed by atoms with Crippen LogP contribution in [0.25, 0.3) is 0 Å². The average molecular weight is 190 g/mol. The summed E-state index contributed by atoms with van der Waals surface area (Å²) in [6, 6.07) is 0. The Morgan fingerprint density at radius 1 is 1.15 bits per heavy atom. The molecule has 1 aliphatic rings. The predicted molar refractivity (Wildman–Crippen MR) is 44.0 cm³/mol. The van der Waals surface area contributed by atoms with E-state index in [0.29, 0.717) is 0 Å². The monoisotopic (exact) mass is 190 g/mol. The zero-order chi connectivity index (χ0) is 10.0. The fraction of sp³-hybridized carbons (Fsp3) is 0.750. The highest BCUT2D eigenvalue weighted by atomic mass is 16.5. The molecule has 13 heavy (non-hydrogen) atoms. The predicted octanol–water partition coefficient (Wildman–Crippen LogP) is -1.99. The molecular weight excluding hydrogens is 176 g/mol. The fourth-order valence-corrected chi connectivity index (χ4v) is 1.33. The molecule has 76 valence electrons. The van der Waals surface area contributed by atoms with Crippen molar-refractivity contribution < 1.29 is 25.2 Å². The van der Waals surface area contributed by atoms with Gasteiger partial charge in [0.15, 0.2) is 0 Å². The first-order chi connectivity index (χ1) is 6.11. The van der Waals surface area contributed by atoms with Crippen molar-refractivity contribution in [2.24, 2.45) is 0 Å². The van der Waals surface area contributed by atoms with E-state index in [2.05, 4.69) is 6.58 Å². The SMILES string of the molecule is C=C[C@H]1O[C@H](CO)[C@@H](O)[C@H](O)[C@@H]1O. The number of rotatable bonds is 2. The van der Waals surface area contributed by atoms with Gasteiger partial charge in [-0.05, 0) is 0 Å². The molecule has 0 aromatic carbocycles. The van der Waals surface area contributed by atoms with Gasteiger partial charge < -0.3 is 25.2 Å². The Bertz CT molecular complexity index is 181. The minimum atomic E-state index is -1.31. The van der Waals surface area contributed by atoms with E-state index in [-0.39, 0.29) is 0 Å². The van der Waals surface area contributed by atoms with Gasteiger partial charge in [0.25, 0.3) is 0 Å². The molecule has 0 saturated carbocycles. The first-order valence-corrected chi connectivity index (χ1v) is 4.05. The fourth-order valence-electron chi connectivity index (χ4n) is 1.33. The Balaban J connectivity index is 2.71. The van der Waals surface area contributed by atoms with E-state index in [1.165, 1.54) is 6.08 Å². The molecule has 5 heteroatoms. The Kier molecular flexibility index (Phi) is 3.40. The molecule has 1 heterocycles. The minimum Gasteiger partial charge on any atom is -0.394 e. The van der Waals surface area contributed by atoms with E-state index in [1.54, 1.807) is 0 Å². The second kappa shape index (κ2) is 4.17. The van der Waals surface area contributed by atoms with Crippen molar-refractivity contribution in [2.45, 2.75) is 30.5 Å². The summed E-state index contributed by atoms with van der Waals surface area (Å²) in [5, 5.41) is 36.7. The second-order valence-electron chi connectivity index (χ2n) is 3.03. The Morgan fingerprint density at radius 2 is 1.77 bits per heavy atom. The van der Waals surface area contributed by atoms with Crippen LogP contribution in [0, 0.1) is 0 Å². The molecule has 0 bridgehead atoms. The summed E-state index contributed by atoms with van der Waals surface area (Å²) >= 11 is 0. The van der Waals surface area contributed by atoms with Crippen LogP contribution >= 0.6 is 0 Å². The summed E-state index contributed by atoms with van der Waals surface area (Å²) in [6.07, 6.45) is -4.08. The zero-order valence-corrected chi connectivity index (χ0v) is 7.08. The first-order valence-electron chi connectivity index (χ1n) is 4.05. The smallest absolute Gasteiger partial charge is 0.112 e. The van der Waals surface area contributed by atoms with E-state index >= 15 is 0 Å². The zero-order valence-electron chi connectivity index (χ0n) is 7.08. The van der Waals surface area contributed by atoms with E-state index in [4.69, 9.17) is 9.84 Å². The second-order valence-corrected chi connectivity index (χ2v) is 3.03. The lowest BCUT2D eigenvalue weighted by molar-refractivity contribution is -0.216. The Hall–Kier alpha value is -0.460. The number of ether oxygens (including phenoxy) is 1. The molecule has 5 nitrogen and oxygen atoms in total. The van der Waals surface area contributed by atoms with E-state index in [1.807, 2.05) is 0 Å². The maximum absolute atomic E-state index is 9.33. The van der Waals surface area contributed by atoms with Crippen LogP contribution in [-0.2, 0) is 4.74 Å². The van der Waals surface area contributed by atoms with Crippen molar-refractivity contribution in [3.05, 3.63) is 12.7 Å². The lowest BCUT2D eigenvalue weighted by Crippen LogP contribution is -2.57. The normalized spacial score (nSPS) is 46.0. The molecule has 0 aromatic rings. The summed E-state index contributed by atoms with van der Waals surface area (Å²) in [5.41, 5.74) is 0. The van der Waals surface area contributed by atoms with Crippen molar-refractivity contribution >= 4 is 0 Å². The molecule has 0 radical (unpaired) electrons. The van der Waals surface area contributed by atoms with Gasteiger partial charge in [0.05, 0.1) is 6.61 Å². The third kappa shape index (κ3) is 1.90. The van der Waals surface area contributed by atoms with Crippen LogP contribution in [-0.4, -0.2) is 57.6 Å². The lowest BCUT2D eigenvalue weighted by atomic mass is 9.95. The maximum Gasteiger partial charge on any atom is 0.112 e. The van der Waals surface area contributed by atoms with Crippen molar-refractivity contribution in [2.75, 3.05) is 6.61 Å². The highest BCUT2D eigenvalue weighted by molar-refractivity contribution is 4.98. The van der Waals surface area contributed by atoms with Gasteiger partial charge in [-0.15, -0.1) is 6.58 Å². The quantitative estimate of drug-likeness (QED) is 0.379. The van der Waals surface area contributed by atoms with Crippen molar-refractivity contribution in [1.82, 2.24) is 0 Å². The van der Waals surface area contributed by atoms with Gasteiger partial charge in [0.1, 0.15) is 30.5 Å². The molecule has 1 rings (SSSR count). The van der Waals surface area contributed by atoms with Crippen LogP contribution in [0.2, 0.25) is 0 Å². The average Bonchev–Trinajstić information content (AvgIpc) is 2.15. The molecular formula is C8H14O5. The van der Waals surface area contributed by atoms with Gasteiger partial charge in [-0.1, -0.05) is 6.08 Å². The van der Waals surface area contributed by atoms with Crippen molar-refractivity contribution in [1.29, 1.82) is 0 Å². The molecule has 5 atom stereocenters. The molecule has 1 aliphatic heterocycles. The largest absolute Gasteiger partial charge is 0.394 e. The third-order valence-corrected chi connectivity index (χ3v) is 2.16. The highest BCUT2D eigenvalue weighted by Gasteiger charge is 2.41. The van der Waals surface area contributed by atoms with E-state index in [9.17, 15) is 15.3 Å². The molecule has 0 amide bonds. The van der Waals surface area contributed by atoms with Crippen LogP contribution in [0.5, 0.6) is 0 Å². The standard InChI is InChI=1S/C8H14O5/c1-2-4-6(10)8(12)7(11)5(3-9)13-4/h2,4-12H,1,3H2/t4-,5-,6-,7-,8-/m1/s1. The van der Waals surface area contributed by atoms with Gasteiger partial charge in [-0.25, -0.2) is 0 Å². The topological polar surface area (TPSA) is 90.2 Å². The van der Waals surface area contributed by atoms with Crippen LogP contribution in [0.15, 0.2) is 12.7 Å². The number of aliphatic hydroxyl groups excluding tert-OH is 4. The van der Waals surface area contributed by atoms with Crippen molar-refractivity contribution in [3.63, 3.8) is 0 Å². The summed E-state index contributed by atoms with van der Waals surface area (Å²) < 4.78 is 5.05. The molecule has 0 spiro atoms. The lowest BCUT2D eigenvalue weighted by Gasteiger charge is -2.38. The summed E-state index contributed by atoms with van der Waals surface area (Å²) in [4.78, 5) is 0. The molecule has 0 unspecified atom stereocenters. The molecule has 0 aromatic heterocycles. The van der Waals surface area contributed by atoms with Gasteiger partial charge in [0.2, 0.25) is 0 Å². The van der Waals surface area contributed by atoms with Gasteiger partial charge in [-0.3, -0.25) is 0 Å². The number of hydrogen-bond acceptors (Lipinski definition) is 5. The van der Waals surface area contributed by atoms with E-state index < -0.39 is 37.1 Å². The minimum absolute atomic E-state index is 0.407. The van der Waals surface area contributed by atoms with Gasteiger partial charge >= 0.3 is 0 Å². The molecule has 1 fully saturated rings. The van der Waals surface area contributed by atoms with Crippen LogP contribution in [0.4, 0.5) is 0 Å². The highest BCUT2D eigenvalue weighted by Crippen LogP contribution is 2.21. The van der Waals surface area contributed by atoms with E-state index in [0.717, 1.165) is 0 Å². The van der Waals surface area contributed by atoms with Crippen LogP contribution < -0.4 is 0 Å². The number of aliphatic hydroxyl groups is 4. The first kappa shape index (κ1) is 10.6. The molecule has 1 saturated heterocycles. The summed E-state index contributed by atoms with van der Waals surface area (Å²) in [7, 11) is 0. The number of hydrogen-bond donors (Lipinski definition) is 4. The Morgan fingerprint density at radius 3 is 2.23 bits per heavy atom. The van der Waals surface area contributed by atoms with Crippen LogP contribution in [0.1, 0.15) is 0 Å². The summed E-state index contributed by atoms with van der Waals surface area (Å²) in [5.74, 6) is 0. The van der Waals surface area contributed by atoms with Crippen LogP contribution in [0.3, 0.4) is 0 Å². The molecule has 0 aliphatic carbocycles.